The Morgan fingerprint density at radius 3 is 2.45 bits per heavy atom. The standard InChI is InChI=1S/C14H17NO5/c1-20-14(19)11(9-12(16)17)7-8-15-13(18)10-5-3-2-4-6-10/h2-6,11H,7-9H2,1H3,(H,15,18)(H,16,17). The van der Waals surface area contributed by atoms with Gasteiger partial charge in [-0.1, -0.05) is 18.2 Å². The maximum absolute atomic E-state index is 11.7. The average Bonchev–Trinajstić information content (AvgIpc) is 2.45. The van der Waals surface area contributed by atoms with Crippen molar-refractivity contribution in [2.45, 2.75) is 12.8 Å². The molecule has 0 heterocycles. The van der Waals surface area contributed by atoms with E-state index in [2.05, 4.69) is 10.1 Å². The van der Waals surface area contributed by atoms with Gasteiger partial charge < -0.3 is 15.2 Å². The van der Waals surface area contributed by atoms with Crippen LogP contribution in [0.5, 0.6) is 0 Å². The molecule has 0 aliphatic rings. The van der Waals surface area contributed by atoms with Gasteiger partial charge in [0.2, 0.25) is 0 Å². The third kappa shape index (κ3) is 5.09. The van der Waals surface area contributed by atoms with E-state index in [1.165, 1.54) is 7.11 Å². The van der Waals surface area contributed by atoms with Crippen molar-refractivity contribution in [3.63, 3.8) is 0 Å². The molecule has 2 N–H and O–H groups in total. The van der Waals surface area contributed by atoms with E-state index >= 15 is 0 Å². The number of carbonyl (C=O) groups is 3. The van der Waals surface area contributed by atoms with Gasteiger partial charge in [-0.2, -0.15) is 0 Å². The third-order valence-corrected chi connectivity index (χ3v) is 2.77. The van der Waals surface area contributed by atoms with Crippen LogP contribution in [0.2, 0.25) is 0 Å². The number of benzene rings is 1. The van der Waals surface area contributed by atoms with Crippen LogP contribution in [0, 0.1) is 5.92 Å². The first-order valence-corrected chi connectivity index (χ1v) is 6.17. The van der Waals surface area contributed by atoms with Crippen LogP contribution in [0.3, 0.4) is 0 Å². The van der Waals surface area contributed by atoms with E-state index in [-0.39, 0.29) is 25.3 Å². The molecule has 1 aromatic rings. The van der Waals surface area contributed by atoms with Crippen LogP contribution in [0.25, 0.3) is 0 Å². The molecule has 6 nitrogen and oxygen atoms in total. The molecule has 20 heavy (non-hydrogen) atoms. The van der Waals surface area contributed by atoms with Crippen LogP contribution in [0.15, 0.2) is 30.3 Å². The summed E-state index contributed by atoms with van der Waals surface area (Å²) in [7, 11) is 1.21. The first-order valence-electron chi connectivity index (χ1n) is 6.17. The lowest BCUT2D eigenvalue weighted by Crippen LogP contribution is -2.29. The molecular formula is C14H17NO5. The highest BCUT2D eigenvalue weighted by Crippen LogP contribution is 2.10. The molecule has 0 spiro atoms. The fourth-order valence-electron chi connectivity index (χ4n) is 1.73. The van der Waals surface area contributed by atoms with Gasteiger partial charge in [-0.05, 0) is 18.6 Å². The SMILES string of the molecule is COC(=O)C(CCNC(=O)c1ccccc1)CC(=O)O. The summed E-state index contributed by atoms with van der Waals surface area (Å²) in [6, 6.07) is 8.64. The Bertz CT molecular complexity index is 472. The molecule has 0 bridgehead atoms. The van der Waals surface area contributed by atoms with Crippen LogP contribution in [0.4, 0.5) is 0 Å². The van der Waals surface area contributed by atoms with Crippen molar-refractivity contribution in [1.29, 1.82) is 0 Å². The Morgan fingerprint density at radius 2 is 1.90 bits per heavy atom. The Kier molecular flexibility index (Phi) is 6.22. The molecule has 1 amide bonds. The highest BCUT2D eigenvalue weighted by Gasteiger charge is 2.22. The maximum atomic E-state index is 11.7. The minimum absolute atomic E-state index is 0.209. The van der Waals surface area contributed by atoms with E-state index in [9.17, 15) is 14.4 Å². The van der Waals surface area contributed by atoms with Crippen molar-refractivity contribution in [3.05, 3.63) is 35.9 Å². The molecule has 0 saturated carbocycles. The smallest absolute Gasteiger partial charge is 0.309 e. The largest absolute Gasteiger partial charge is 0.481 e. The Hall–Kier alpha value is -2.37. The molecule has 0 fully saturated rings. The number of carboxylic acid groups (broad SMARTS) is 1. The second-order valence-electron chi connectivity index (χ2n) is 4.23. The zero-order chi connectivity index (χ0) is 15.0. The van der Waals surface area contributed by atoms with Gasteiger partial charge in [0, 0.05) is 12.1 Å². The second kappa shape index (κ2) is 7.93. The minimum atomic E-state index is -1.07. The number of carboxylic acids is 1. The Labute approximate surface area is 116 Å². The maximum Gasteiger partial charge on any atom is 0.309 e. The number of ether oxygens (including phenoxy) is 1. The van der Waals surface area contributed by atoms with Crippen molar-refractivity contribution in [2.24, 2.45) is 5.92 Å². The molecule has 1 rings (SSSR count). The van der Waals surface area contributed by atoms with Gasteiger partial charge in [0.05, 0.1) is 19.4 Å². The van der Waals surface area contributed by atoms with Gasteiger partial charge in [-0.25, -0.2) is 0 Å². The van der Waals surface area contributed by atoms with Crippen molar-refractivity contribution in [2.75, 3.05) is 13.7 Å². The summed E-state index contributed by atoms with van der Waals surface area (Å²) >= 11 is 0. The van der Waals surface area contributed by atoms with E-state index in [1.807, 2.05) is 0 Å². The highest BCUT2D eigenvalue weighted by molar-refractivity contribution is 5.94. The van der Waals surface area contributed by atoms with Gasteiger partial charge in [-0.15, -0.1) is 0 Å². The molecule has 0 aliphatic carbocycles. The van der Waals surface area contributed by atoms with Crippen molar-refractivity contribution >= 4 is 17.8 Å². The van der Waals surface area contributed by atoms with Crippen LogP contribution >= 0.6 is 0 Å². The molecule has 1 atom stereocenters. The first-order chi connectivity index (χ1) is 9.54. The summed E-state index contributed by atoms with van der Waals surface area (Å²) in [5.74, 6) is -2.67. The molecule has 0 aliphatic heterocycles. The lowest BCUT2D eigenvalue weighted by molar-refractivity contribution is -0.150. The van der Waals surface area contributed by atoms with Crippen LogP contribution in [0.1, 0.15) is 23.2 Å². The number of esters is 1. The Morgan fingerprint density at radius 1 is 1.25 bits per heavy atom. The first kappa shape index (κ1) is 15.7. The van der Waals surface area contributed by atoms with E-state index in [0.717, 1.165) is 0 Å². The third-order valence-electron chi connectivity index (χ3n) is 2.77. The van der Waals surface area contributed by atoms with Gasteiger partial charge in [0.25, 0.3) is 5.91 Å². The van der Waals surface area contributed by atoms with Gasteiger partial charge >= 0.3 is 11.9 Å². The molecule has 1 unspecified atom stereocenters. The van der Waals surface area contributed by atoms with Gasteiger partial charge in [-0.3, -0.25) is 14.4 Å². The summed E-state index contributed by atoms with van der Waals surface area (Å²) in [4.78, 5) is 33.8. The van der Waals surface area contributed by atoms with Crippen LogP contribution in [-0.4, -0.2) is 36.6 Å². The Balaban J connectivity index is 2.46. The number of rotatable bonds is 7. The topological polar surface area (TPSA) is 92.7 Å². The van der Waals surface area contributed by atoms with Crippen LogP contribution < -0.4 is 5.32 Å². The van der Waals surface area contributed by atoms with E-state index in [1.54, 1.807) is 30.3 Å². The number of nitrogens with one attached hydrogen (secondary N) is 1. The fourth-order valence-corrected chi connectivity index (χ4v) is 1.73. The second-order valence-corrected chi connectivity index (χ2v) is 4.23. The molecule has 0 aromatic heterocycles. The van der Waals surface area contributed by atoms with E-state index in [0.29, 0.717) is 5.56 Å². The highest BCUT2D eigenvalue weighted by atomic mass is 16.5. The minimum Gasteiger partial charge on any atom is -0.481 e. The summed E-state index contributed by atoms with van der Waals surface area (Å²) in [6.07, 6.45) is -0.0918. The van der Waals surface area contributed by atoms with Crippen LogP contribution in [-0.2, 0) is 14.3 Å². The lowest BCUT2D eigenvalue weighted by atomic mass is 10.0. The molecule has 108 valence electrons. The summed E-state index contributed by atoms with van der Waals surface area (Å²) in [5, 5.41) is 11.4. The predicted octanol–water partition coefficient (Wildman–Crippen LogP) is 1.07. The summed E-state index contributed by atoms with van der Waals surface area (Å²) in [5.41, 5.74) is 0.514. The van der Waals surface area contributed by atoms with Crippen molar-refractivity contribution in [3.8, 4) is 0 Å². The zero-order valence-corrected chi connectivity index (χ0v) is 11.2. The summed E-state index contributed by atoms with van der Waals surface area (Å²) < 4.78 is 4.54. The van der Waals surface area contributed by atoms with E-state index < -0.39 is 17.9 Å². The molecule has 0 radical (unpaired) electrons. The number of methoxy groups -OCH3 is 1. The van der Waals surface area contributed by atoms with E-state index in [4.69, 9.17) is 5.11 Å². The predicted molar refractivity (Wildman–Crippen MR) is 71.2 cm³/mol. The number of carbonyl (C=O) groups excluding carboxylic acids is 2. The molecule has 6 heteroatoms. The number of amides is 1. The fraction of sp³-hybridized carbons (Fsp3) is 0.357. The number of hydrogen-bond donors (Lipinski definition) is 2. The van der Waals surface area contributed by atoms with Crippen molar-refractivity contribution < 1.29 is 24.2 Å². The molecule has 1 aromatic carbocycles. The molecular weight excluding hydrogens is 262 g/mol. The van der Waals surface area contributed by atoms with Gasteiger partial charge in [0.1, 0.15) is 0 Å². The normalized spacial score (nSPS) is 11.4. The average molecular weight is 279 g/mol. The lowest BCUT2D eigenvalue weighted by Gasteiger charge is -2.12. The summed E-state index contributed by atoms with van der Waals surface area (Å²) in [6.45, 7) is 0.209. The molecule has 0 saturated heterocycles. The number of aliphatic carboxylic acids is 1. The number of hydrogen-bond acceptors (Lipinski definition) is 4. The van der Waals surface area contributed by atoms with Crippen molar-refractivity contribution in [1.82, 2.24) is 5.32 Å². The quantitative estimate of drug-likeness (QED) is 0.728. The zero-order valence-electron chi connectivity index (χ0n) is 11.2. The monoisotopic (exact) mass is 279 g/mol. The van der Waals surface area contributed by atoms with Gasteiger partial charge in [0.15, 0.2) is 0 Å².